The average molecular weight is 471 g/mol. The first kappa shape index (κ1) is 21.8. The molecule has 0 fully saturated rings. The summed E-state index contributed by atoms with van der Waals surface area (Å²) in [6.45, 7) is 5.79. The molecule has 3 aromatic heterocycles. The Labute approximate surface area is 200 Å². The Morgan fingerprint density at radius 1 is 1.09 bits per heavy atom. The van der Waals surface area contributed by atoms with Gasteiger partial charge in [0, 0.05) is 22.9 Å². The molecule has 0 bridgehead atoms. The van der Waals surface area contributed by atoms with Gasteiger partial charge in [-0.25, -0.2) is 0 Å². The van der Waals surface area contributed by atoms with Crippen LogP contribution in [-0.2, 0) is 0 Å². The molecule has 2 aromatic carbocycles. The lowest BCUT2D eigenvalue weighted by molar-refractivity contribution is 0.406. The van der Waals surface area contributed by atoms with E-state index in [0.29, 0.717) is 33.8 Å². The molecule has 0 spiro atoms. The summed E-state index contributed by atoms with van der Waals surface area (Å²) in [4.78, 5) is 22.0. The van der Waals surface area contributed by atoms with E-state index in [4.69, 9.17) is 21.2 Å². The van der Waals surface area contributed by atoms with E-state index in [0.717, 1.165) is 22.4 Å². The van der Waals surface area contributed by atoms with Crippen LogP contribution in [0.3, 0.4) is 0 Å². The maximum absolute atomic E-state index is 13.3. The van der Waals surface area contributed by atoms with E-state index < -0.39 is 0 Å². The second kappa shape index (κ2) is 8.72. The predicted molar refractivity (Wildman–Crippen MR) is 134 cm³/mol. The van der Waals surface area contributed by atoms with Gasteiger partial charge in [0.15, 0.2) is 11.3 Å². The van der Waals surface area contributed by atoms with Crippen LogP contribution in [0.4, 0.5) is 5.69 Å². The summed E-state index contributed by atoms with van der Waals surface area (Å²) in [5.41, 5.74) is 5.14. The molecular weight excluding hydrogens is 448 g/mol. The number of rotatable bonds is 5. The van der Waals surface area contributed by atoms with Gasteiger partial charge in [-0.1, -0.05) is 36.4 Å². The van der Waals surface area contributed by atoms with E-state index in [1.54, 1.807) is 13.1 Å². The normalized spacial score (nSPS) is 12.1. The Morgan fingerprint density at radius 3 is 2.62 bits per heavy atom. The number of fused-ring (bicyclic) bond motifs is 1. The molecule has 0 saturated heterocycles. The first-order valence-corrected chi connectivity index (χ1v) is 11.2. The number of H-pyrrole nitrogens is 1. The topological polar surface area (TPSA) is 97.0 Å². The monoisotopic (exact) mass is 470 g/mol. The van der Waals surface area contributed by atoms with Crippen LogP contribution < -0.4 is 10.7 Å². The lowest BCUT2D eigenvalue weighted by atomic mass is 9.98. The van der Waals surface area contributed by atoms with Crippen molar-refractivity contribution in [1.29, 1.82) is 0 Å². The fourth-order valence-electron chi connectivity index (χ4n) is 4.11. The number of aromatic nitrogens is 3. The number of anilines is 1. The van der Waals surface area contributed by atoms with Gasteiger partial charge in [-0.3, -0.25) is 9.78 Å². The van der Waals surface area contributed by atoms with Crippen molar-refractivity contribution in [2.45, 2.75) is 26.8 Å². The number of pyridine rings is 1. The van der Waals surface area contributed by atoms with Crippen molar-refractivity contribution < 1.29 is 8.94 Å². The predicted octanol–water partition coefficient (Wildman–Crippen LogP) is 6.36. The molecule has 0 amide bonds. The van der Waals surface area contributed by atoms with Crippen LogP contribution >= 0.6 is 12.2 Å². The van der Waals surface area contributed by atoms with Crippen molar-refractivity contribution in [2.24, 2.45) is 0 Å². The van der Waals surface area contributed by atoms with Crippen LogP contribution in [0.1, 0.15) is 29.7 Å². The number of aryl methyl sites for hydroxylation is 1. The summed E-state index contributed by atoms with van der Waals surface area (Å²) in [7, 11) is 0. The molecule has 34 heavy (non-hydrogen) atoms. The van der Waals surface area contributed by atoms with Gasteiger partial charge in [-0.2, -0.15) is 10.1 Å². The first-order valence-electron chi connectivity index (χ1n) is 10.8. The van der Waals surface area contributed by atoms with Gasteiger partial charge in [0.1, 0.15) is 17.0 Å². The molecule has 7 nitrogen and oxygen atoms in total. The van der Waals surface area contributed by atoms with Gasteiger partial charge >= 0.3 is 4.84 Å². The second-order valence-corrected chi connectivity index (χ2v) is 8.53. The minimum Gasteiger partial charge on any atom is -0.455 e. The van der Waals surface area contributed by atoms with Crippen molar-refractivity contribution in [1.82, 2.24) is 15.1 Å². The van der Waals surface area contributed by atoms with Crippen molar-refractivity contribution in [2.75, 3.05) is 5.32 Å². The Kier molecular flexibility index (Phi) is 5.59. The zero-order chi connectivity index (χ0) is 23.8. The summed E-state index contributed by atoms with van der Waals surface area (Å²) in [6.07, 6.45) is 1.67. The lowest BCUT2D eigenvalue weighted by Gasteiger charge is -2.19. The highest BCUT2D eigenvalue weighted by atomic mass is 32.1. The van der Waals surface area contributed by atoms with Crippen LogP contribution in [0.15, 0.2) is 74.5 Å². The summed E-state index contributed by atoms with van der Waals surface area (Å²) in [5.74, 6) is 1.01. The highest BCUT2D eigenvalue weighted by Crippen LogP contribution is 2.33. The molecule has 0 aliphatic carbocycles. The van der Waals surface area contributed by atoms with Gasteiger partial charge in [-0.05, 0) is 56.8 Å². The van der Waals surface area contributed by atoms with E-state index >= 15 is 0 Å². The molecule has 1 unspecified atom stereocenters. The smallest absolute Gasteiger partial charge is 0.314 e. The van der Waals surface area contributed by atoms with Crippen LogP contribution in [0.2, 0.25) is 0 Å². The van der Waals surface area contributed by atoms with Crippen molar-refractivity contribution in [3.8, 4) is 22.8 Å². The summed E-state index contributed by atoms with van der Waals surface area (Å²) < 4.78 is 11.5. The minimum absolute atomic E-state index is 0.0329. The molecule has 5 aromatic rings. The fraction of sp³-hybridized carbons (Fsp3) is 0.154. The standard InChI is InChI=1S/C26H22N4O3S/c1-14-12-18(16(3)28-20-10-7-11-27-21(20)25-29-26(34)33-30-25)24-19(13-14)22(31)15(2)23(32-24)17-8-5-4-6-9-17/h4-13,16,28H,1-3H3,(H,29,30,34). The van der Waals surface area contributed by atoms with Crippen molar-refractivity contribution in [3.05, 3.63) is 92.5 Å². The van der Waals surface area contributed by atoms with Crippen LogP contribution in [0, 0.1) is 18.7 Å². The van der Waals surface area contributed by atoms with Gasteiger partial charge in [0.05, 0.1) is 17.1 Å². The Bertz CT molecular complexity index is 1620. The van der Waals surface area contributed by atoms with Gasteiger partial charge < -0.3 is 14.3 Å². The third kappa shape index (κ3) is 3.92. The average Bonchev–Trinajstić information content (AvgIpc) is 3.28. The quantitative estimate of drug-likeness (QED) is 0.289. The molecule has 5 rings (SSSR count). The third-order valence-corrected chi connectivity index (χ3v) is 5.91. The molecule has 3 heterocycles. The summed E-state index contributed by atoms with van der Waals surface area (Å²) in [6, 6.07) is 17.1. The lowest BCUT2D eigenvalue weighted by Crippen LogP contribution is -2.13. The maximum Gasteiger partial charge on any atom is 0.314 e. The molecular formula is C26H22N4O3S. The molecule has 0 aliphatic rings. The largest absolute Gasteiger partial charge is 0.455 e. The van der Waals surface area contributed by atoms with Crippen LogP contribution in [-0.4, -0.2) is 15.1 Å². The number of hydrogen-bond acceptors (Lipinski definition) is 7. The minimum atomic E-state index is -0.213. The Morgan fingerprint density at radius 2 is 1.88 bits per heavy atom. The zero-order valence-corrected chi connectivity index (χ0v) is 19.7. The van der Waals surface area contributed by atoms with E-state index in [9.17, 15) is 4.79 Å². The zero-order valence-electron chi connectivity index (χ0n) is 18.9. The van der Waals surface area contributed by atoms with E-state index in [-0.39, 0.29) is 16.3 Å². The van der Waals surface area contributed by atoms with E-state index in [1.165, 1.54) is 0 Å². The number of nitrogens with one attached hydrogen (secondary N) is 2. The molecule has 170 valence electrons. The van der Waals surface area contributed by atoms with Crippen LogP contribution in [0.25, 0.3) is 33.8 Å². The van der Waals surface area contributed by atoms with Gasteiger partial charge in [0.2, 0.25) is 0 Å². The molecule has 2 N–H and O–H groups in total. The summed E-state index contributed by atoms with van der Waals surface area (Å²) >= 11 is 4.98. The van der Waals surface area contributed by atoms with Gasteiger partial charge in [-0.15, -0.1) is 0 Å². The Balaban J connectivity index is 1.64. The second-order valence-electron chi connectivity index (χ2n) is 8.18. The summed E-state index contributed by atoms with van der Waals surface area (Å²) in [5, 5.41) is 6.75. The number of hydrogen-bond donors (Lipinski definition) is 2. The Hall–Kier alpha value is -4.04. The SMILES string of the molecule is Cc1cc(C(C)Nc2cccnc2-c2nc(=S)o[nH]2)c2oc(-c3ccccc3)c(C)c(=O)c2c1. The molecule has 8 heteroatoms. The van der Waals surface area contributed by atoms with Crippen molar-refractivity contribution in [3.63, 3.8) is 0 Å². The number of aromatic amines is 1. The van der Waals surface area contributed by atoms with Crippen molar-refractivity contribution >= 4 is 28.9 Å². The van der Waals surface area contributed by atoms with E-state index in [1.807, 2.05) is 68.4 Å². The first-order chi connectivity index (χ1) is 16.4. The fourth-order valence-corrected chi connectivity index (χ4v) is 4.24. The number of benzene rings is 2. The molecule has 0 aliphatic heterocycles. The molecule has 1 atom stereocenters. The van der Waals surface area contributed by atoms with Gasteiger partial charge in [0.25, 0.3) is 0 Å². The highest BCUT2D eigenvalue weighted by molar-refractivity contribution is 7.71. The number of nitrogens with zero attached hydrogens (tertiary/aromatic N) is 2. The maximum atomic E-state index is 13.3. The third-order valence-electron chi connectivity index (χ3n) is 5.74. The van der Waals surface area contributed by atoms with Crippen LogP contribution in [0.5, 0.6) is 0 Å². The van der Waals surface area contributed by atoms with E-state index in [2.05, 4.69) is 20.4 Å². The highest BCUT2D eigenvalue weighted by Gasteiger charge is 2.20. The molecule has 0 radical (unpaired) electrons. The molecule has 0 saturated carbocycles.